The quantitative estimate of drug-likeness (QED) is 0.350. The number of hydrogen-bond donors (Lipinski definition) is 0. The number of hydrogen-bond acceptors (Lipinski definition) is 0. The van der Waals surface area contributed by atoms with Crippen molar-refractivity contribution in [1.82, 2.24) is 0 Å². The topological polar surface area (TPSA) is 0 Å². The number of rotatable bonds is 3. The van der Waals surface area contributed by atoms with Crippen LogP contribution in [0.2, 0.25) is 0 Å². The molecule has 0 aromatic heterocycles. The molecule has 8 bridgehead atoms. The Bertz CT molecular complexity index is 1370. The zero-order valence-electron chi connectivity index (χ0n) is 25.3. The standard InChI is InChI=1S/C40H46/c1-7-33-27(5)9-25(3)11-35(33)37-15-29-13-30(16-37)20-39(19-29,23-37)40-21-31-14-32(22-40)18-38(17-31,24-40)36-12-26(4)10-28(6)34(36)8-2/h1-2,9-12,29-32H,13-24H2,3-6H3. The van der Waals surface area contributed by atoms with E-state index >= 15 is 0 Å². The minimum absolute atomic E-state index is 0.281. The van der Waals surface area contributed by atoms with Gasteiger partial charge in [0.15, 0.2) is 0 Å². The minimum Gasteiger partial charge on any atom is -0.115 e. The molecule has 8 aliphatic carbocycles. The molecule has 4 unspecified atom stereocenters. The highest BCUT2D eigenvalue weighted by Crippen LogP contribution is 2.79. The van der Waals surface area contributed by atoms with E-state index in [9.17, 15) is 0 Å². The number of terminal acetylenes is 2. The molecule has 8 saturated carbocycles. The van der Waals surface area contributed by atoms with Crippen molar-refractivity contribution in [1.29, 1.82) is 0 Å². The molecular weight excluding hydrogens is 480 g/mol. The van der Waals surface area contributed by atoms with Crippen molar-refractivity contribution >= 4 is 0 Å². The van der Waals surface area contributed by atoms with E-state index in [1.165, 1.54) is 110 Å². The molecule has 2 aromatic carbocycles. The van der Waals surface area contributed by atoms with Gasteiger partial charge in [-0.2, -0.15) is 0 Å². The van der Waals surface area contributed by atoms with Crippen LogP contribution in [0, 0.1) is 86.9 Å². The predicted octanol–water partition coefficient (Wildman–Crippen LogP) is 9.26. The van der Waals surface area contributed by atoms with Gasteiger partial charge in [-0.25, -0.2) is 0 Å². The summed E-state index contributed by atoms with van der Waals surface area (Å²) in [5, 5.41) is 0. The van der Waals surface area contributed by atoms with E-state index in [1.807, 2.05) is 0 Å². The van der Waals surface area contributed by atoms with Crippen molar-refractivity contribution in [3.8, 4) is 24.7 Å². The van der Waals surface area contributed by atoms with Gasteiger partial charge in [-0.15, -0.1) is 12.8 Å². The monoisotopic (exact) mass is 526 g/mol. The summed E-state index contributed by atoms with van der Waals surface area (Å²) in [5.41, 5.74) is 12.5. The van der Waals surface area contributed by atoms with E-state index in [0.717, 1.165) is 23.7 Å². The first-order valence-electron chi connectivity index (χ1n) is 16.3. The summed E-state index contributed by atoms with van der Waals surface area (Å²) in [4.78, 5) is 0. The Balaban J connectivity index is 1.28. The molecule has 2 aromatic rings. The van der Waals surface area contributed by atoms with Crippen LogP contribution in [0.25, 0.3) is 0 Å². The highest BCUT2D eigenvalue weighted by Gasteiger charge is 2.70. The van der Waals surface area contributed by atoms with Gasteiger partial charge in [-0.1, -0.05) is 47.2 Å². The van der Waals surface area contributed by atoms with Gasteiger partial charge in [0.05, 0.1) is 0 Å². The van der Waals surface area contributed by atoms with E-state index in [4.69, 9.17) is 12.8 Å². The molecule has 0 radical (unpaired) electrons. The van der Waals surface area contributed by atoms with Crippen molar-refractivity contribution < 1.29 is 0 Å². The highest BCUT2D eigenvalue weighted by molar-refractivity contribution is 5.54. The number of benzene rings is 2. The molecule has 0 saturated heterocycles. The SMILES string of the molecule is C#Cc1c(C)cc(C)cc1C12CC3CC(C1)CC(C14CC5CC(CC(c6cc(C)cc(C)c6C#C)(C5)C1)C4)(C3)C2. The molecule has 0 N–H and O–H groups in total. The van der Waals surface area contributed by atoms with Gasteiger partial charge >= 0.3 is 0 Å². The average molecular weight is 527 g/mol. The van der Waals surface area contributed by atoms with Crippen molar-refractivity contribution in [2.75, 3.05) is 0 Å². The van der Waals surface area contributed by atoms with E-state index in [2.05, 4.69) is 63.8 Å². The fourth-order valence-electron chi connectivity index (χ4n) is 13.6. The van der Waals surface area contributed by atoms with Crippen LogP contribution < -0.4 is 0 Å². The summed E-state index contributed by atoms with van der Waals surface area (Å²) < 4.78 is 0. The Morgan fingerprint density at radius 1 is 0.550 bits per heavy atom. The van der Waals surface area contributed by atoms with Gasteiger partial charge in [-0.05, 0) is 172 Å². The molecule has 10 rings (SSSR count). The number of aryl methyl sites for hydroxylation is 4. The van der Waals surface area contributed by atoms with Crippen molar-refractivity contribution in [2.45, 2.75) is 116 Å². The van der Waals surface area contributed by atoms with Crippen molar-refractivity contribution in [2.24, 2.45) is 34.5 Å². The molecule has 0 heterocycles. The van der Waals surface area contributed by atoms with Crippen LogP contribution >= 0.6 is 0 Å². The van der Waals surface area contributed by atoms with E-state index in [0.29, 0.717) is 10.8 Å². The lowest BCUT2D eigenvalue weighted by Gasteiger charge is -2.74. The molecule has 0 nitrogen and oxygen atoms in total. The van der Waals surface area contributed by atoms with Crippen LogP contribution in [0.5, 0.6) is 0 Å². The summed E-state index contributed by atoms with van der Waals surface area (Å²) in [6.07, 6.45) is 29.6. The average Bonchev–Trinajstić information content (AvgIpc) is 2.86. The summed E-state index contributed by atoms with van der Waals surface area (Å²) >= 11 is 0. The summed E-state index contributed by atoms with van der Waals surface area (Å²) in [6, 6.07) is 9.65. The maximum atomic E-state index is 6.27. The van der Waals surface area contributed by atoms with Gasteiger partial charge in [0, 0.05) is 11.1 Å². The molecular formula is C40H46. The zero-order chi connectivity index (χ0) is 27.7. The van der Waals surface area contributed by atoms with Crippen LogP contribution in [0.15, 0.2) is 24.3 Å². The van der Waals surface area contributed by atoms with Gasteiger partial charge in [0.2, 0.25) is 0 Å². The molecule has 0 spiro atoms. The fraction of sp³-hybridized carbons (Fsp3) is 0.600. The summed E-state index contributed by atoms with van der Waals surface area (Å²) in [5.74, 6) is 9.89. The molecule has 0 heteroatoms. The molecule has 0 amide bonds. The van der Waals surface area contributed by atoms with Gasteiger partial charge in [0.25, 0.3) is 0 Å². The lowest BCUT2D eigenvalue weighted by atomic mass is 9.30. The molecule has 206 valence electrons. The van der Waals surface area contributed by atoms with Crippen molar-refractivity contribution in [3.05, 3.63) is 68.8 Å². The Hall–Kier alpha value is -2.44. The Morgan fingerprint density at radius 3 is 1.23 bits per heavy atom. The smallest absolute Gasteiger partial charge is 0.0309 e. The Morgan fingerprint density at radius 2 is 0.900 bits per heavy atom. The van der Waals surface area contributed by atoms with Crippen LogP contribution in [0.4, 0.5) is 0 Å². The van der Waals surface area contributed by atoms with Gasteiger partial charge in [0.1, 0.15) is 0 Å². The molecule has 4 atom stereocenters. The third-order valence-corrected chi connectivity index (χ3v) is 13.6. The third kappa shape index (κ3) is 3.24. The summed E-state index contributed by atoms with van der Waals surface area (Å²) in [7, 11) is 0. The van der Waals surface area contributed by atoms with Crippen LogP contribution in [-0.2, 0) is 10.8 Å². The minimum atomic E-state index is 0.281. The van der Waals surface area contributed by atoms with Crippen LogP contribution in [0.3, 0.4) is 0 Å². The lowest BCUT2D eigenvalue weighted by Crippen LogP contribution is -2.66. The Kier molecular flexibility index (Phi) is 5.12. The Labute approximate surface area is 243 Å². The first kappa shape index (κ1) is 25.3. The van der Waals surface area contributed by atoms with Crippen molar-refractivity contribution in [3.63, 3.8) is 0 Å². The molecule has 8 aliphatic rings. The van der Waals surface area contributed by atoms with Crippen LogP contribution in [0.1, 0.15) is 122 Å². The molecule has 0 aliphatic heterocycles. The van der Waals surface area contributed by atoms with Gasteiger partial charge < -0.3 is 0 Å². The first-order valence-corrected chi connectivity index (χ1v) is 16.3. The fourth-order valence-corrected chi connectivity index (χ4v) is 13.6. The predicted molar refractivity (Wildman–Crippen MR) is 165 cm³/mol. The second-order valence-corrected chi connectivity index (χ2v) is 16.3. The largest absolute Gasteiger partial charge is 0.115 e. The molecule has 8 fully saturated rings. The lowest BCUT2D eigenvalue weighted by molar-refractivity contribution is -0.212. The van der Waals surface area contributed by atoms with E-state index in [1.54, 1.807) is 11.1 Å². The first-order chi connectivity index (χ1) is 19.1. The molecule has 40 heavy (non-hydrogen) atoms. The normalized spacial score (nSPS) is 42.1. The summed E-state index contributed by atoms with van der Waals surface area (Å²) in [6.45, 7) is 9.06. The maximum absolute atomic E-state index is 6.27. The van der Waals surface area contributed by atoms with Crippen LogP contribution in [-0.4, -0.2) is 0 Å². The van der Waals surface area contributed by atoms with Gasteiger partial charge in [-0.3, -0.25) is 0 Å². The zero-order valence-corrected chi connectivity index (χ0v) is 25.3. The third-order valence-electron chi connectivity index (χ3n) is 13.6. The maximum Gasteiger partial charge on any atom is 0.0309 e. The van der Waals surface area contributed by atoms with E-state index in [-0.39, 0.29) is 10.8 Å². The highest BCUT2D eigenvalue weighted by atomic mass is 14.7. The van der Waals surface area contributed by atoms with E-state index < -0.39 is 0 Å². The second kappa shape index (κ2) is 8.10. The second-order valence-electron chi connectivity index (χ2n) is 16.3.